The number of para-hydroxylation sites is 1. The topological polar surface area (TPSA) is 27.6 Å². The zero-order valence-corrected chi connectivity index (χ0v) is 11.7. The molecule has 1 aliphatic heterocycles. The first-order valence-corrected chi connectivity index (χ1v) is 7.44. The Hall–Kier alpha value is -1.51. The lowest BCUT2D eigenvalue weighted by Gasteiger charge is -2.22. The molecule has 1 aromatic rings. The van der Waals surface area contributed by atoms with Gasteiger partial charge in [-0.15, -0.1) is 0 Å². The second-order valence-electron chi connectivity index (χ2n) is 5.59. The van der Waals surface area contributed by atoms with E-state index in [1.54, 1.807) is 0 Å². The van der Waals surface area contributed by atoms with Crippen molar-refractivity contribution in [1.82, 2.24) is 5.32 Å². The highest BCUT2D eigenvalue weighted by molar-refractivity contribution is 5.97. The summed E-state index contributed by atoms with van der Waals surface area (Å²) in [5, 5.41) is 3.51. The van der Waals surface area contributed by atoms with Crippen LogP contribution in [0.5, 0.6) is 0 Å². The maximum atomic E-state index is 4.43. The molecule has 0 spiro atoms. The molecular formula is C16H23N3. The van der Waals surface area contributed by atoms with Gasteiger partial charge in [-0.25, -0.2) is 0 Å². The third-order valence-electron chi connectivity index (χ3n) is 4.12. The van der Waals surface area contributed by atoms with Gasteiger partial charge in [0.2, 0.25) is 0 Å². The molecule has 0 unspecified atom stereocenters. The molecule has 1 heterocycles. The van der Waals surface area contributed by atoms with E-state index in [-0.39, 0.29) is 0 Å². The Morgan fingerprint density at radius 3 is 3.00 bits per heavy atom. The van der Waals surface area contributed by atoms with Crippen molar-refractivity contribution in [1.29, 1.82) is 0 Å². The van der Waals surface area contributed by atoms with E-state index in [9.17, 15) is 0 Å². The third kappa shape index (κ3) is 2.91. The smallest absolute Gasteiger partial charge is 0.198 e. The highest BCUT2D eigenvalue weighted by Gasteiger charge is 2.23. The molecule has 0 saturated heterocycles. The molecular weight excluding hydrogens is 234 g/mol. The van der Waals surface area contributed by atoms with E-state index >= 15 is 0 Å². The first-order valence-electron chi connectivity index (χ1n) is 7.44. The number of rotatable bonds is 4. The quantitative estimate of drug-likeness (QED) is 0.510. The maximum absolute atomic E-state index is 4.43. The molecule has 3 nitrogen and oxygen atoms in total. The molecule has 1 fully saturated rings. The molecule has 102 valence electrons. The summed E-state index contributed by atoms with van der Waals surface area (Å²) in [5.41, 5.74) is 2.75. The van der Waals surface area contributed by atoms with Gasteiger partial charge in [-0.1, -0.05) is 31.0 Å². The normalized spacial score (nSPS) is 18.6. The molecule has 19 heavy (non-hydrogen) atoms. The van der Waals surface area contributed by atoms with Crippen molar-refractivity contribution in [3.63, 3.8) is 0 Å². The summed E-state index contributed by atoms with van der Waals surface area (Å²) in [6, 6.07) is 8.64. The number of nitrogens with one attached hydrogen (secondary N) is 1. The predicted molar refractivity (Wildman–Crippen MR) is 80.8 cm³/mol. The average Bonchev–Trinajstić information content (AvgIpc) is 3.18. The standard InChI is InChI=1S/C16H23N3/c1-17-16(18-11-4-5-13-8-9-13)19-12-10-14-6-2-3-7-15(14)19/h2-3,6-7,13H,4-5,8-12H2,1H3,(H,17,18). The van der Waals surface area contributed by atoms with Gasteiger partial charge in [0.1, 0.15) is 0 Å². The SMILES string of the molecule is CN=C(NCCCC1CC1)N1CCc2ccccc21. The van der Waals surface area contributed by atoms with E-state index in [0.717, 1.165) is 31.4 Å². The second kappa shape index (κ2) is 5.64. The molecule has 3 heteroatoms. The minimum atomic E-state index is 1.02. The molecule has 0 radical (unpaired) electrons. The van der Waals surface area contributed by atoms with E-state index in [2.05, 4.69) is 39.5 Å². The van der Waals surface area contributed by atoms with Gasteiger partial charge in [-0.3, -0.25) is 4.99 Å². The van der Waals surface area contributed by atoms with Crippen LogP contribution in [-0.4, -0.2) is 26.1 Å². The largest absolute Gasteiger partial charge is 0.356 e. The van der Waals surface area contributed by atoms with Crippen molar-refractivity contribution in [2.24, 2.45) is 10.9 Å². The Labute approximate surface area is 115 Å². The Balaban J connectivity index is 1.57. The Morgan fingerprint density at radius 2 is 2.21 bits per heavy atom. The number of nitrogens with zero attached hydrogens (tertiary/aromatic N) is 2. The van der Waals surface area contributed by atoms with Crippen LogP contribution >= 0.6 is 0 Å². The van der Waals surface area contributed by atoms with Gasteiger partial charge in [-0.2, -0.15) is 0 Å². The average molecular weight is 257 g/mol. The van der Waals surface area contributed by atoms with Crippen LogP contribution in [0, 0.1) is 5.92 Å². The molecule has 1 aliphatic carbocycles. The number of anilines is 1. The molecule has 1 saturated carbocycles. The predicted octanol–water partition coefficient (Wildman–Crippen LogP) is 2.81. The van der Waals surface area contributed by atoms with E-state index in [4.69, 9.17) is 0 Å². The minimum absolute atomic E-state index is 1.02. The van der Waals surface area contributed by atoms with Gasteiger partial charge >= 0.3 is 0 Å². The monoisotopic (exact) mass is 257 g/mol. The highest BCUT2D eigenvalue weighted by Crippen LogP contribution is 2.33. The van der Waals surface area contributed by atoms with Gasteiger partial charge in [0.05, 0.1) is 0 Å². The van der Waals surface area contributed by atoms with Crippen LogP contribution in [-0.2, 0) is 6.42 Å². The van der Waals surface area contributed by atoms with Crippen molar-refractivity contribution >= 4 is 11.6 Å². The third-order valence-corrected chi connectivity index (χ3v) is 4.12. The summed E-state index contributed by atoms with van der Waals surface area (Å²) >= 11 is 0. The lowest BCUT2D eigenvalue weighted by atomic mass is 10.2. The Morgan fingerprint density at radius 1 is 1.37 bits per heavy atom. The molecule has 3 rings (SSSR count). The molecule has 2 aliphatic rings. The zero-order valence-electron chi connectivity index (χ0n) is 11.7. The first-order chi connectivity index (χ1) is 9.38. The van der Waals surface area contributed by atoms with Crippen LogP contribution in [0.3, 0.4) is 0 Å². The fourth-order valence-corrected chi connectivity index (χ4v) is 2.85. The number of hydrogen-bond acceptors (Lipinski definition) is 1. The van der Waals surface area contributed by atoms with Gasteiger partial charge < -0.3 is 10.2 Å². The Kier molecular flexibility index (Phi) is 3.72. The van der Waals surface area contributed by atoms with Crippen LogP contribution < -0.4 is 10.2 Å². The summed E-state index contributed by atoms with van der Waals surface area (Å²) in [5.74, 6) is 2.05. The van der Waals surface area contributed by atoms with Crippen LogP contribution in [0.15, 0.2) is 29.3 Å². The summed E-state index contributed by atoms with van der Waals surface area (Å²) < 4.78 is 0. The maximum Gasteiger partial charge on any atom is 0.198 e. The Bertz CT molecular complexity index is 463. The summed E-state index contributed by atoms with van der Waals surface area (Å²) in [6.07, 6.45) is 6.67. The van der Waals surface area contributed by atoms with Gasteiger partial charge in [-0.05, 0) is 36.8 Å². The summed E-state index contributed by atoms with van der Waals surface area (Å²) in [4.78, 5) is 6.74. The van der Waals surface area contributed by atoms with E-state index < -0.39 is 0 Å². The number of aliphatic imine (C=N–C) groups is 1. The first kappa shape index (κ1) is 12.5. The van der Waals surface area contributed by atoms with Gasteiger partial charge in [0, 0.05) is 25.8 Å². The lowest BCUT2D eigenvalue weighted by molar-refractivity contribution is 0.649. The lowest BCUT2D eigenvalue weighted by Crippen LogP contribution is -2.40. The zero-order chi connectivity index (χ0) is 13.1. The molecule has 0 atom stereocenters. The van der Waals surface area contributed by atoms with E-state index in [0.29, 0.717) is 0 Å². The molecule has 1 N–H and O–H groups in total. The van der Waals surface area contributed by atoms with Crippen molar-refractivity contribution in [2.75, 3.05) is 25.0 Å². The number of benzene rings is 1. The van der Waals surface area contributed by atoms with Crippen molar-refractivity contribution in [3.05, 3.63) is 29.8 Å². The second-order valence-corrected chi connectivity index (χ2v) is 5.59. The molecule has 0 aromatic heterocycles. The number of hydrogen-bond donors (Lipinski definition) is 1. The molecule has 1 aromatic carbocycles. The van der Waals surface area contributed by atoms with Crippen molar-refractivity contribution in [2.45, 2.75) is 32.1 Å². The van der Waals surface area contributed by atoms with Crippen molar-refractivity contribution < 1.29 is 0 Å². The number of guanidine groups is 1. The fraction of sp³-hybridized carbons (Fsp3) is 0.562. The van der Waals surface area contributed by atoms with Crippen LogP contribution in [0.4, 0.5) is 5.69 Å². The van der Waals surface area contributed by atoms with Gasteiger partial charge in [0.15, 0.2) is 5.96 Å². The highest BCUT2D eigenvalue weighted by atomic mass is 15.3. The fourth-order valence-electron chi connectivity index (χ4n) is 2.85. The van der Waals surface area contributed by atoms with Crippen LogP contribution in [0.2, 0.25) is 0 Å². The number of fused-ring (bicyclic) bond motifs is 1. The van der Waals surface area contributed by atoms with E-state index in [1.165, 1.54) is 36.9 Å². The summed E-state index contributed by atoms with van der Waals surface area (Å²) in [7, 11) is 1.88. The minimum Gasteiger partial charge on any atom is -0.356 e. The van der Waals surface area contributed by atoms with E-state index in [1.807, 2.05) is 7.05 Å². The van der Waals surface area contributed by atoms with Crippen LogP contribution in [0.1, 0.15) is 31.2 Å². The van der Waals surface area contributed by atoms with Gasteiger partial charge in [0.25, 0.3) is 0 Å². The molecule has 0 amide bonds. The summed E-state index contributed by atoms with van der Waals surface area (Å²) in [6.45, 7) is 2.09. The van der Waals surface area contributed by atoms with Crippen LogP contribution in [0.25, 0.3) is 0 Å². The molecule has 0 bridgehead atoms. The van der Waals surface area contributed by atoms with Crippen molar-refractivity contribution in [3.8, 4) is 0 Å².